The molecule has 2 fully saturated rings. The van der Waals surface area contributed by atoms with Crippen molar-refractivity contribution in [3.8, 4) is 0 Å². The fourth-order valence-electron chi connectivity index (χ4n) is 3.67. The first-order chi connectivity index (χ1) is 9.98. The van der Waals surface area contributed by atoms with Crippen molar-refractivity contribution in [2.24, 2.45) is 5.92 Å². The summed E-state index contributed by atoms with van der Waals surface area (Å²) < 4.78 is 27.1. The Morgan fingerprint density at radius 2 is 2.00 bits per heavy atom. The molecule has 1 N–H and O–H groups in total. The number of sulfonamides is 1. The average molecular weight is 310 g/mol. The van der Waals surface area contributed by atoms with Crippen LogP contribution in [0.3, 0.4) is 0 Å². The fourth-order valence-corrected chi connectivity index (χ4v) is 5.53. The Labute approximate surface area is 123 Å². The van der Waals surface area contributed by atoms with Gasteiger partial charge in [0.05, 0.1) is 0 Å². The van der Waals surface area contributed by atoms with Crippen LogP contribution in [0, 0.1) is 5.92 Å². The molecule has 0 amide bonds. The lowest BCUT2D eigenvalue weighted by Crippen LogP contribution is -2.46. The van der Waals surface area contributed by atoms with Crippen molar-refractivity contribution in [2.75, 3.05) is 0 Å². The van der Waals surface area contributed by atoms with Crippen molar-refractivity contribution in [3.05, 3.63) is 24.5 Å². The maximum atomic E-state index is 12.7. The van der Waals surface area contributed by atoms with Gasteiger partial charge < -0.3 is 5.11 Å². The number of carboxylic acid groups (broad SMARTS) is 1. The molecule has 0 radical (unpaired) electrons. The third kappa shape index (κ3) is 2.67. The van der Waals surface area contributed by atoms with E-state index in [9.17, 15) is 13.2 Å². The zero-order chi connectivity index (χ0) is 15.0. The first-order valence-corrected chi connectivity index (χ1v) is 8.58. The summed E-state index contributed by atoms with van der Waals surface area (Å²) in [6, 6.07) is 3.04. The number of aliphatic carboxylic acids is 1. The molecule has 0 saturated carbocycles. The van der Waals surface area contributed by atoms with Crippen molar-refractivity contribution in [1.29, 1.82) is 0 Å². The minimum absolute atomic E-state index is 0.0710. The van der Waals surface area contributed by atoms with Gasteiger partial charge in [-0.3, -0.25) is 9.78 Å². The number of aromatic nitrogens is 1. The molecular formula is C14H18N2O4S. The predicted octanol–water partition coefficient (Wildman–Crippen LogP) is 1.49. The van der Waals surface area contributed by atoms with Crippen LogP contribution in [-0.2, 0) is 14.8 Å². The molecule has 114 valence electrons. The van der Waals surface area contributed by atoms with E-state index in [1.807, 2.05) is 0 Å². The van der Waals surface area contributed by atoms with Crippen molar-refractivity contribution in [1.82, 2.24) is 9.29 Å². The molecule has 2 aliphatic heterocycles. The van der Waals surface area contributed by atoms with Gasteiger partial charge in [0.1, 0.15) is 4.90 Å². The molecule has 6 nitrogen and oxygen atoms in total. The molecule has 21 heavy (non-hydrogen) atoms. The first-order valence-electron chi connectivity index (χ1n) is 7.14. The van der Waals surface area contributed by atoms with Crippen LogP contribution in [0.2, 0.25) is 0 Å². The van der Waals surface area contributed by atoms with Gasteiger partial charge in [-0.25, -0.2) is 8.42 Å². The number of fused-ring (bicyclic) bond motifs is 2. The van der Waals surface area contributed by atoms with Crippen LogP contribution in [0.1, 0.15) is 32.1 Å². The second kappa shape index (κ2) is 5.38. The van der Waals surface area contributed by atoms with E-state index in [0.29, 0.717) is 12.8 Å². The summed E-state index contributed by atoms with van der Waals surface area (Å²) in [6.45, 7) is 0. The smallest absolute Gasteiger partial charge is 0.303 e. The van der Waals surface area contributed by atoms with E-state index in [-0.39, 0.29) is 29.3 Å². The topological polar surface area (TPSA) is 87.6 Å². The third-order valence-corrected chi connectivity index (χ3v) is 6.43. The summed E-state index contributed by atoms with van der Waals surface area (Å²) in [6.07, 6.45) is 5.98. The van der Waals surface area contributed by atoms with E-state index in [2.05, 4.69) is 4.98 Å². The normalized spacial score (nSPS) is 29.4. The Morgan fingerprint density at radius 1 is 1.33 bits per heavy atom. The van der Waals surface area contributed by atoms with Gasteiger partial charge in [-0.15, -0.1) is 0 Å². The number of nitrogens with zero attached hydrogens (tertiary/aromatic N) is 2. The van der Waals surface area contributed by atoms with Crippen molar-refractivity contribution in [3.63, 3.8) is 0 Å². The van der Waals surface area contributed by atoms with E-state index >= 15 is 0 Å². The van der Waals surface area contributed by atoms with Crippen LogP contribution in [0.5, 0.6) is 0 Å². The summed E-state index contributed by atoms with van der Waals surface area (Å²) in [5.41, 5.74) is 0. The van der Waals surface area contributed by atoms with Crippen molar-refractivity contribution in [2.45, 2.75) is 49.1 Å². The zero-order valence-corrected chi connectivity index (χ0v) is 12.4. The SMILES string of the molecule is O=C(O)CC1CC2CCC(C1)N2S(=O)(=O)c1cccnc1. The molecule has 0 aromatic carbocycles. The zero-order valence-electron chi connectivity index (χ0n) is 11.6. The lowest BCUT2D eigenvalue weighted by atomic mass is 9.90. The highest BCUT2D eigenvalue weighted by atomic mass is 32.2. The molecule has 2 atom stereocenters. The van der Waals surface area contributed by atoms with Gasteiger partial charge >= 0.3 is 5.97 Å². The van der Waals surface area contributed by atoms with Crippen LogP contribution in [0.4, 0.5) is 0 Å². The van der Waals surface area contributed by atoms with E-state index < -0.39 is 16.0 Å². The van der Waals surface area contributed by atoms with Crippen LogP contribution >= 0.6 is 0 Å². The van der Waals surface area contributed by atoms with Crippen molar-refractivity contribution < 1.29 is 18.3 Å². The molecule has 7 heteroatoms. The maximum absolute atomic E-state index is 12.7. The Morgan fingerprint density at radius 3 is 2.52 bits per heavy atom. The van der Waals surface area contributed by atoms with E-state index in [1.54, 1.807) is 22.6 Å². The summed E-state index contributed by atoms with van der Waals surface area (Å²) in [5, 5.41) is 8.92. The molecule has 2 aliphatic rings. The standard InChI is InChI=1S/C14H18N2O4S/c17-14(18)8-10-6-11-3-4-12(7-10)16(11)21(19,20)13-2-1-5-15-9-13/h1-2,5,9-12H,3-4,6-8H2,(H,17,18). The summed E-state index contributed by atoms with van der Waals surface area (Å²) in [4.78, 5) is 15.0. The summed E-state index contributed by atoms with van der Waals surface area (Å²) in [7, 11) is -3.53. The summed E-state index contributed by atoms with van der Waals surface area (Å²) >= 11 is 0. The quantitative estimate of drug-likeness (QED) is 0.910. The fraction of sp³-hybridized carbons (Fsp3) is 0.571. The van der Waals surface area contributed by atoms with Crippen LogP contribution < -0.4 is 0 Å². The molecule has 1 aromatic rings. The van der Waals surface area contributed by atoms with Crippen LogP contribution in [-0.4, -0.2) is 40.9 Å². The van der Waals surface area contributed by atoms with Gasteiger partial charge in [-0.05, 0) is 43.7 Å². The van der Waals surface area contributed by atoms with E-state index in [1.165, 1.54) is 6.20 Å². The number of rotatable bonds is 4. The summed E-state index contributed by atoms with van der Waals surface area (Å²) in [5.74, 6) is -0.719. The minimum Gasteiger partial charge on any atom is -0.481 e. The van der Waals surface area contributed by atoms with Gasteiger partial charge in [0.15, 0.2) is 0 Å². The van der Waals surface area contributed by atoms with Crippen LogP contribution in [0.25, 0.3) is 0 Å². The van der Waals surface area contributed by atoms with Crippen LogP contribution in [0.15, 0.2) is 29.4 Å². The lowest BCUT2D eigenvalue weighted by molar-refractivity contribution is -0.138. The molecule has 3 heterocycles. The Hall–Kier alpha value is -1.47. The van der Waals surface area contributed by atoms with Gasteiger partial charge in [0, 0.05) is 30.9 Å². The minimum atomic E-state index is -3.53. The molecule has 2 bridgehead atoms. The molecule has 2 saturated heterocycles. The molecule has 1 aromatic heterocycles. The van der Waals surface area contributed by atoms with Gasteiger partial charge in [0.2, 0.25) is 10.0 Å². The first kappa shape index (κ1) is 14.5. The monoisotopic (exact) mass is 310 g/mol. The Bertz CT molecular complexity index is 618. The Kier molecular flexibility index (Phi) is 3.71. The largest absolute Gasteiger partial charge is 0.481 e. The average Bonchev–Trinajstić information content (AvgIpc) is 2.72. The predicted molar refractivity (Wildman–Crippen MR) is 75.0 cm³/mol. The highest BCUT2D eigenvalue weighted by molar-refractivity contribution is 7.89. The van der Waals surface area contributed by atoms with E-state index in [4.69, 9.17) is 5.11 Å². The van der Waals surface area contributed by atoms with Gasteiger partial charge in [0.25, 0.3) is 0 Å². The molecular weight excluding hydrogens is 292 g/mol. The van der Waals surface area contributed by atoms with Gasteiger partial charge in [-0.2, -0.15) is 4.31 Å². The number of piperidine rings is 1. The number of hydrogen-bond acceptors (Lipinski definition) is 4. The number of carboxylic acids is 1. The highest BCUT2D eigenvalue weighted by Crippen LogP contribution is 2.42. The molecule has 3 rings (SSSR count). The number of hydrogen-bond donors (Lipinski definition) is 1. The Balaban J connectivity index is 1.84. The highest BCUT2D eigenvalue weighted by Gasteiger charge is 2.47. The second-order valence-electron chi connectivity index (χ2n) is 5.84. The number of pyridine rings is 1. The van der Waals surface area contributed by atoms with Crippen molar-refractivity contribution >= 4 is 16.0 Å². The number of carbonyl (C=O) groups is 1. The van der Waals surface area contributed by atoms with E-state index in [0.717, 1.165) is 12.8 Å². The maximum Gasteiger partial charge on any atom is 0.303 e. The lowest BCUT2D eigenvalue weighted by Gasteiger charge is -2.37. The van der Waals surface area contributed by atoms with Gasteiger partial charge in [-0.1, -0.05) is 0 Å². The third-order valence-electron chi connectivity index (χ3n) is 4.44. The second-order valence-corrected chi connectivity index (χ2v) is 7.69. The molecule has 2 unspecified atom stereocenters. The molecule has 0 aliphatic carbocycles. The molecule has 0 spiro atoms.